The molecule has 0 spiro atoms. The number of benzene rings is 1. The first-order valence-electron chi connectivity index (χ1n) is 6.69. The summed E-state index contributed by atoms with van der Waals surface area (Å²) < 4.78 is 19.0. The van der Waals surface area contributed by atoms with Crippen LogP contribution in [0.5, 0.6) is 5.75 Å². The molecular formula is C15H23FN2O2. The quantitative estimate of drug-likeness (QED) is 0.871. The van der Waals surface area contributed by atoms with Crippen LogP contribution in [-0.4, -0.2) is 37.6 Å². The normalized spacial score (nSPS) is 11.3. The van der Waals surface area contributed by atoms with Gasteiger partial charge in [-0.2, -0.15) is 0 Å². The molecule has 1 amide bonds. The van der Waals surface area contributed by atoms with Crippen LogP contribution in [-0.2, 0) is 0 Å². The van der Waals surface area contributed by atoms with Gasteiger partial charge in [0.2, 0.25) is 0 Å². The van der Waals surface area contributed by atoms with Crippen LogP contribution >= 0.6 is 0 Å². The SMILES string of the molecule is CCOc1c(F)cccc1C(=O)N(C)CC(C)(C)CN. The van der Waals surface area contributed by atoms with Crippen molar-refractivity contribution < 1.29 is 13.9 Å². The van der Waals surface area contributed by atoms with Crippen LogP contribution in [0.25, 0.3) is 0 Å². The number of carbonyl (C=O) groups is 1. The second kappa shape index (κ2) is 6.70. The summed E-state index contributed by atoms with van der Waals surface area (Å²) in [5.41, 5.74) is 5.72. The fourth-order valence-corrected chi connectivity index (χ4v) is 1.95. The van der Waals surface area contributed by atoms with Crippen molar-refractivity contribution in [1.82, 2.24) is 4.90 Å². The summed E-state index contributed by atoms with van der Waals surface area (Å²) in [6.07, 6.45) is 0. The van der Waals surface area contributed by atoms with Gasteiger partial charge in [-0.3, -0.25) is 4.79 Å². The number of halogens is 1. The lowest BCUT2D eigenvalue weighted by Crippen LogP contribution is -2.39. The van der Waals surface area contributed by atoms with E-state index in [1.807, 2.05) is 13.8 Å². The first-order valence-corrected chi connectivity index (χ1v) is 6.69. The molecule has 1 rings (SSSR count). The molecule has 0 heterocycles. The Morgan fingerprint density at radius 1 is 1.45 bits per heavy atom. The second-order valence-corrected chi connectivity index (χ2v) is 5.58. The van der Waals surface area contributed by atoms with Gasteiger partial charge in [0.25, 0.3) is 5.91 Å². The van der Waals surface area contributed by atoms with Crippen molar-refractivity contribution in [3.8, 4) is 5.75 Å². The lowest BCUT2D eigenvalue weighted by atomic mass is 9.93. The number of carbonyl (C=O) groups excluding carboxylic acids is 1. The number of rotatable bonds is 6. The zero-order valence-corrected chi connectivity index (χ0v) is 12.6. The van der Waals surface area contributed by atoms with E-state index >= 15 is 0 Å². The molecule has 0 saturated heterocycles. The van der Waals surface area contributed by atoms with Crippen LogP contribution in [0.4, 0.5) is 4.39 Å². The topological polar surface area (TPSA) is 55.6 Å². The summed E-state index contributed by atoms with van der Waals surface area (Å²) >= 11 is 0. The largest absolute Gasteiger partial charge is 0.490 e. The fourth-order valence-electron chi connectivity index (χ4n) is 1.95. The van der Waals surface area contributed by atoms with Gasteiger partial charge >= 0.3 is 0 Å². The van der Waals surface area contributed by atoms with Crippen LogP contribution in [0, 0.1) is 11.2 Å². The molecule has 0 saturated carbocycles. The summed E-state index contributed by atoms with van der Waals surface area (Å²) in [6, 6.07) is 4.36. The first-order chi connectivity index (χ1) is 9.32. The van der Waals surface area contributed by atoms with Crippen LogP contribution in [0.2, 0.25) is 0 Å². The number of amides is 1. The lowest BCUT2D eigenvalue weighted by molar-refractivity contribution is 0.0735. The van der Waals surface area contributed by atoms with E-state index in [4.69, 9.17) is 10.5 Å². The maximum atomic E-state index is 13.7. The molecule has 0 aliphatic carbocycles. The zero-order valence-electron chi connectivity index (χ0n) is 12.6. The molecule has 0 unspecified atom stereocenters. The van der Waals surface area contributed by atoms with E-state index in [1.54, 1.807) is 24.9 Å². The van der Waals surface area contributed by atoms with Gasteiger partial charge in [-0.05, 0) is 31.0 Å². The van der Waals surface area contributed by atoms with Crippen LogP contribution < -0.4 is 10.5 Å². The molecule has 0 aliphatic rings. The standard InChI is InChI=1S/C15H23FN2O2/c1-5-20-13-11(7-6-8-12(13)16)14(19)18(4)10-15(2,3)9-17/h6-8H,5,9-10,17H2,1-4H3. The number of hydrogen-bond donors (Lipinski definition) is 1. The smallest absolute Gasteiger partial charge is 0.257 e. The molecule has 112 valence electrons. The average molecular weight is 282 g/mol. The molecule has 1 aromatic carbocycles. The van der Waals surface area contributed by atoms with E-state index in [0.717, 1.165) is 0 Å². The van der Waals surface area contributed by atoms with E-state index < -0.39 is 5.82 Å². The predicted octanol–water partition coefficient (Wildman–Crippen LogP) is 2.28. The summed E-state index contributed by atoms with van der Waals surface area (Å²) in [5, 5.41) is 0. The maximum Gasteiger partial charge on any atom is 0.257 e. The molecule has 1 aromatic rings. The average Bonchev–Trinajstić information content (AvgIpc) is 2.40. The Balaban J connectivity index is 3.00. The van der Waals surface area contributed by atoms with Crippen molar-refractivity contribution in [2.75, 3.05) is 26.7 Å². The molecule has 0 atom stereocenters. The van der Waals surface area contributed by atoms with Gasteiger partial charge in [0.05, 0.1) is 12.2 Å². The number of hydrogen-bond acceptors (Lipinski definition) is 3. The molecule has 0 fully saturated rings. The Kier molecular flexibility index (Phi) is 5.51. The lowest BCUT2D eigenvalue weighted by Gasteiger charge is -2.29. The second-order valence-electron chi connectivity index (χ2n) is 5.58. The van der Waals surface area contributed by atoms with Gasteiger partial charge in [0.15, 0.2) is 11.6 Å². The highest BCUT2D eigenvalue weighted by Gasteiger charge is 2.24. The third kappa shape index (κ3) is 3.93. The van der Waals surface area contributed by atoms with Gasteiger partial charge in [-0.15, -0.1) is 0 Å². The van der Waals surface area contributed by atoms with Crippen LogP contribution in [0.3, 0.4) is 0 Å². The van der Waals surface area contributed by atoms with E-state index in [0.29, 0.717) is 19.7 Å². The van der Waals surface area contributed by atoms with Crippen LogP contribution in [0.1, 0.15) is 31.1 Å². The number of nitrogens with zero attached hydrogens (tertiary/aromatic N) is 1. The molecule has 0 radical (unpaired) electrons. The van der Waals surface area contributed by atoms with E-state index in [9.17, 15) is 9.18 Å². The summed E-state index contributed by atoms with van der Waals surface area (Å²) in [4.78, 5) is 14.0. The number of nitrogens with two attached hydrogens (primary N) is 1. The van der Waals surface area contributed by atoms with Crippen molar-refractivity contribution in [3.05, 3.63) is 29.6 Å². The van der Waals surface area contributed by atoms with Crippen LogP contribution in [0.15, 0.2) is 18.2 Å². The summed E-state index contributed by atoms with van der Waals surface area (Å²) in [6.45, 7) is 6.97. The predicted molar refractivity (Wildman–Crippen MR) is 77.4 cm³/mol. The third-order valence-electron chi connectivity index (χ3n) is 3.05. The maximum absolute atomic E-state index is 13.7. The highest BCUT2D eigenvalue weighted by Crippen LogP contribution is 2.25. The molecule has 2 N–H and O–H groups in total. The van der Waals surface area contributed by atoms with E-state index in [-0.39, 0.29) is 22.6 Å². The molecule has 4 nitrogen and oxygen atoms in total. The minimum atomic E-state index is -0.524. The van der Waals surface area contributed by atoms with E-state index in [1.165, 1.54) is 12.1 Å². The molecule has 0 bridgehead atoms. The summed E-state index contributed by atoms with van der Waals surface area (Å²) in [7, 11) is 1.68. The Bertz CT molecular complexity index is 475. The highest BCUT2D eigenvalue weighted by atomic mass is 19.1. The molecule has 20 heavy (non-hydrogen) atoms. The van der Waals surface area contributed by atoms with E-state index in [2.05, 4.69) is 0 Å². The minimum absolute atomic E-state index is 0.0115. The van der Waals surface area contributed by atoms with Gasteiger partial charge in [-0.25, -0.2) is 4.39 Å². The van der Waals surface area contributed by atoms with Gasteiger partial charge in [0, 0.05) is 13.6 Å². The van der Waals surface area contributed by atoms with Gasteiger partial charge in [-0.1, -0.05) is 19.9 Å². The van der Waals surface area contributed by atoms with Crippen molar-refractivity contribution >= 4 is 5.91 Å². The third-order valence-corrected chi connectivity index (χ3v) is 3.05. The fraction of sp³-hybridized carbons (Fsp3) is 0.533. The summed E-state index contributed by atoms with van der Waals surface area (Å²) in [5.74, 6) is -0.781. The molecule has 0 aliphatic heterocycles. The molecule has 0 aromatic heterocycles. The molecule has 5 heteroatoms. The Hall–Kier alpha value is -1.62. The first kappa shape index (κ1) is 16.4. The Morgan fingerprint density at radius 3 is 2.65 bits per heavy atom. The molecular weight excluding hydrogens is 259 g/mol. The van der Waals surface area contributed by atoms with Crippen molar-refractivity contribution in [1.29, 1.82) is 0 Å². The highest BCUT2D eigenvalue weighted by molar-refractivity contribution is 5.96. The Labute approximate surface area is 119 Å². The Morgan fingerprint density at radius 2 is 2.10 bits per heavy atom. The van der Waals surface area contributed by atoms with Crippen molar-refractivity contribution in [2.24, 2.45) is 11.1 Å². The number of para-hydroxylation sites is 1. The van der Waals surface area contributed by atoms with Crippen molar-refractivity contribution in [3.63, 3.8) is 0 Å². The number of ether oxygens (including phenoxy) is 1. The zero-order chi connectivity index (χ0) is 15.3. The van der Waals surface area contributed by atoms with Gasteiger partial charge in [0.1, 0.15) is 0 Å². The monoisotopic (exact) mass is 282 g/mol. The minimum Gasteiger partial charge on any atom is -0.490 e. The van der Waals surface area contributed by atoms with Crippen molar-refractivity contribution in [2.45, 2.75) is 20.8 Å². The van der Waals surface area contributed by atoms with Gasteiger partial charge < -0.3 is 15.4 Å².